The van der Waals surface area contributed by atoms with Crippen LogP contribution in [0.5, 0.6) is 0 Å². The number of nitrogens with zero attached hydrogens (tertiary/aromatic N) is 3. The molecule has 0 aliphatic carbocycles. The van der Waals surface area contributed by atoms with Gasteiger partial charge in [0.25, 0.3) is 0 Å². The number of aromatic nitrogens is 2. The molecule has 128 valence electrons. The van der Waals surface area contributed by atoms with Gasteiger partial charge in [-0.3, -0.25) is 0 Å². The maximum atomic E-state index is 4.86. The van der Waals surface area contributed by atoms with Gasteiger partial charge >= 0.3 is 0 Å². The Morgan fingerprint density at radius 2 is 1.71 bits per heavy atom. The number of anilines is 2. The van der Waals surface area contributed by atoms with Crippen LogP contribution < -0.4 is 10.2 Å². The number of rotatable bonds is 3. The van der Waals surface area contributed by atoms with E-state index < -0.39 is 0 Å². The van der Waals surface area contributed by atoms with Crippen molar-refractivity contribution < 1.29 is 0 Å². The summed E-state index contributed by atoms with van der Waals surface area (Å²) in [5, 5.41) is 3.50. The minimum absolute atomic E-state index is 0.0318. The number of hydrogen-bond donors (Lipinski definition) is 1. The highest BCUT2D eigenvalue weighted by Crippen LogP contribution is 2.27. The highest BCUT2D eigenvalue weighted by atomic mass is 15.2. The SMILES string of the molecule is CC1CCN(c2cc(NC(C)(C)C)nc(-c3ccccc3)n2)CC1. The summed E-state index contributed by atoms with van der Waals surface area (Å²) in [6.07, 6.45) is 2.46. The van der Waals surface area contributed by atoms with Crippen molar-refractivity contribution in [3.63, 3.8) is 0 Å². The maximum absolute atomic E-state index is 4.86. The van der Waals surface area contributed by atoms with Gasteiger partial charge in [-0.15, -0.1) is 0 Å². The van der Waals surface area contributed by atoms with E-state index in [1.54, 1.807) is 0 Å². The first-order valence-electron chi connectivity index (χ1n) is 8.88. The van der Waals surface area contributed by atoms with Crippen LogP contribution in [0.2, 0.25) is 0 Å². The molecule has 1 aromatic heterocycles. The first-order chi connectivity index (χ1) is 11.4. The van der Waals surface area contributed by atoms with Crippen molar-refractivity contribution in [1.82, 2.24) is 9.97 Å². The van der Waals surface area contributed by atoms with E-state index in [-0.39, 0.29) is 5.54 Å². The number of nitrogens with one attached hydrogen (secondary N) is 1. The third-order valence-corrected chi connectivity index (χ3v) is 4.36. The van der Waals surface area contributed by atoms with Gasteiger partial charge in [-0.05, 0) is 39.5 Å². The predicted octanol–water partition coefficient (Wildman–Crippen LogP) is 4.59. The third-order valence-electron chi connectivity index (χ3n) is 4.36. The van der Waals surface area contributed by atoms with Crippen molar-refractivity contribution in [3.8, 4) is 11.4 Å². The summed E-state index contributed by atoms with van der Waals surface area (Å²) in [6, 6.07) is 12.3. The number of hydrogen-bond acceptors (Lipinski definition) is 4. The third kappa shape index (κ3) is 4.25. The summed E-state index contributed by atoms with van der Waals surface area (Å²) in [5.41, 5.74) is 1.03. The van der Waals surface area contributed by atoms with Crippen LogP contribution >= 0.6 is 0 Å². The van der Waals surface area contributed by atoms with Gasteiger partial charge in [0.1, 0.15) is 11.6 Å². The Kier molecular flexibility index (Phi) is 4.74. The van der Waals surface area contributed by atoms with Crippen molar-refractivity contribution >= 4 is 11.6 Å². The lowest BCUT2D eigenvalue weighted by molar-refractivity contribution is 0.436. The Hall–Kier alpha value is -2.10. The van der Waals surface area contributed by atoms with Crippen molar-refractivity contribution in [2.75, 3.05) is 23.3 Å². The van der Waals surface area contributed by atoms with E-state index in [0.29, 0.717) is 0 Å². The van der Waals surface area contributed by atoms with Gasteiger partial charge in [-0.25, -0.2) is 9.97 Å². The fourth-order valence-corrected chi connectivity index (χ4v) is 3.00. The van der Waals surface area contributed by atoms with Crippen molar-refractivity contribution in [2.24, 2.45) is 5.92 Å². The number of benzene rings is 1. The Labute approximate surface area is 145 Å². The van der Waals surface area contributed by atoms with Crippen molar-refractivity contribution in [3.05, 3.63) is 36.4 Å². The van der Waals surface area contributed by atoms with Crippen LogP contribution in [-0.4, -0.2) is 28.6 Å². The van der Waals surface area contributed by atoms with Gasteiger partial charge < -0.3 is 10.2 Å². The van der Waals surface area contributed by atoms with Gasteiger partial charge in [0, 0.05) is 30.3 Å². The Balaban J connectivity index is 1.96. The van der Waals surface area contributed by atoms with Crippen LogP contribution in [0, 0.1) is 5.92 Å². The van der Waals surface area contributed by atoms with E-state index in [2.05, 4.69) is 56.1 Å². The lowest BCUT2D eigenvalue weighted by Gasteiger charge is -2.32. The molecule has 1 aliphatic rings. The summed E-state index contributed by atoms with van der Waals surface area (Å²) in [4.78, 5) is 12.0. The van der Waals surface area contributed by atoms with Crippen LogP contribution in [0.15, 0.2) is 36.4 Å². The van der Waals surface area contributed by atoms with Gasteiger partial charge in [0.15, 0.2) is 5.82 Å². The van der Waals surface area contributed by atoms with Crippen LogP contribution in [0.1, 0.15) is 40.5 Å². The molecule has 0 saturated carbocycles. The lowest BCUT2D eigenvalue weighted by Crippen LogP contribution is -2.34. The van der Waals surface area contributed by atoms with E-state index in [9.17, 15) is 0 Å². The van der Waals surface area contributed by atoms with Gasteiger partial charge in [-0.2, -0.15) is 0 Å². The van der Waals surface area contributed by atoms with Crippen LogP contribution in [0.25, 0.3) is 11.4 Å². The second-order valence-electron chi connectivity index (χ2n) is 7.85. The highest BCUT2D eigenvalue weighted by molar-refractivity contribution is 5.62. The summed E-state index contributed by atoms with van der Waals surface area (Å²) in [6.45, 7) is 10.9. The molecule has 1 aromatic carbocycles. The molecule has 0 spiro atoms. The normalized spacial score (nSPS) is 16.2. The molecule has 2 aromatic rings. The Bertz CT molecular complexity index is 668. The zero-order valence-corrected chi connectivity index (χ0v) is 15.2. The van der Waals surface area contributed by atoms with Gasteiger partial charge in [0.2, 0.25) is 0 Å². The van der Waals surface area contributed by atoms with Crippen molar-refractivity contribution in [2.45, 2.75) is 46.1 Å². The van der Waals surface area contributed by atoms with Crippen LogP contribution in [-0.2, 0) is 0 Å². The van der Waals surface area contributed by atoms with E-state index >= 15 is 0 Å². The molecule has 0 unspecified atom stereocenters. The Morgan fingerprint density at radius 1 is 1.04 bits per heavy atom. The first-order valence-corrected chi connectivity index (χ1v) is 8.88. The van der Waals surface area contributed by atoms with Gasteiger partial charge in [0.05, 0.1) is 0 Å². The Morgan fingerprint density at radius 3 is 2.33 bits per heavy atom. The molecular formula is C20H28N4. The van der Waals surface area contributed by atoms with Gasteiger partial charge in [-0.1, -0.05) is 37.3 Å². The van der Waals surface area contributed by atoms with E-state index in [1.807, 2.05) is 18.2 Å². The average molecular weight is 324 g/mol. The first kappa shape index (κ1) is 16.7. The summed E-state index contributed by atoms with van der Waals surface area (Å²) >= 11 is 0. The molecule has 0 amide bonds. The second kappa shape index (κ2) is 6.80. The summed E-state index contributed by atoms with van der Waals surface area (Å²) in [7, 11) is 0. The van der Waals surface area contributed by atoms with E-state index in [0.717, 1.165) is 42.0 Å². The minimum Gasteiger partial charge on any atom is -0.365 e. The fourth-order valence-electron chi connectivity index (χ4n) is 3.00. The topological polar surface area (TPSA) is 41.0 Å². The van der Waals surface area contributed by atoms with Crippen LogP contribution in [0.4, 0.5) is 11.6 Å². The molecule has 4 heteroatoms. The van der Waals surface area contributed by atoms with E-state index in [1.165, 1.54) is 12.8 Å². The lowest BCUT2D eigenvalue weighted by atomic mass is 9.99. The molecule has 4 nitrogen and oxygen atoms in total. The fraction of sp³-hybridized carbons (Fsp3) is 0.500. The smallest absolute Gasteiger partial charge is 0.163 e. The molecule has 2 heterocycles. The largest absolute Gasteiger partial charge is 0.365 e. The molecule has 0 atom stereocenters. The van der Waals surface area contributed by atoms with E-state index in [4.69, 9.17) is 9.97 Å². The second-order valence-corrected chi connectivity index (χ2v) is 7.85. The zero-order chi connectivity index (χ0) is 17.2. The van der Waals surface area contributed by atoms with Crippen LogP contribution in [0.3, 0.4) is 0 Å². The molecular weight excluding hydrogens is 296 g/mol. The average Bonchev–Trinajstić information content (AvgIpc) is 2.54. The molecule has 0 bridgehead atoms. The molecule has 24 heavy (non-hydrogen) atoms. The summed E-state index contributed by atoms with van der Waals surface area (Å²) in [5.74, 6) is 3.52. The molecule has 1 N–H and O–H groups in total. The standard InChI is InChI=1S/C20H28N4/c1-15-10-12-24(13-11-15)18-14-17(23-20(2,3)4)21-19(22-18)16-8-6-5-7-9-16/h5-9,14-15H,10-13H2,1-4H3,(H,21,22,23). The maximum Gasteiger partial charge on any atom is 0.163 e. The molecule has 1 saturated heterocycles. The summed E-state index contributed by atoms with van der Waals surface area (Å²) < 4.78 is 0. The minimum atomic E-state index is -0.0318. The van der Waals surface area contributed by atoms with Crippen molar-refractivity contribution in [1.29, 1.82) is 0 Å². The highest BCUT2D eigenvalue weighted by Gasteiger charge is 2.20. The molecule has 1 fully saturated rings. The zero-order valence-electron chi connectivity index (χ0n) is 15.2. The molecule has 1 aliphatic heterocycles. The quantitative estimate of drug-likeness (QED) is 0.896. The monoisotopic (exact) mass is 324 g/mol. The molecule has 0 radical (unpaired) electrons. The molecule has 3 rings (SSSR count). The number of piperidine rings is 1. The predicted molar refractivity (Wildman–Crippen MR) is 101 cm³/mol.